The normalized spacial score (nSPS) is 10.8. The van der Waals surface area contributed by atoms with Gasteiger partial charge >= 0.3 is 0 Å². The van der Waals surface area contributed by atoms with E-state index in [4.69, 9.17) is 11.6 Å². The van der Waals surface area contributed by atoms with Crippen LogP contribution in [0.15, 0.2) is 60.7 Å². The first-order valence-electron chi connectivity index (χ1n) is 5.99. The van der Waals surface area contributed by atoms with Crippen LogP contribution in [0, 0.1) is 6.92 Å². The van der Waals surface area contributed by atoms with Crippen LogP contribution in [0.25, 0.3) is 21.9 Å². The summed E-state index contributed by atoms with van der Waals surface area (Å²) in [6, 6.07) is 20.9. The summed E-state index contributed by atoms with van der Waals surface area (Å²) in [5.74, 6) is 0. The molecule has 18 heavy (non-hydrogen) atoms. The van der Waals surface area contributed by atoms with E-state index >= 15 is 0 Å². The summed E-state index contributed by atoms with van der Waals surface area (Å²) in [4.78, 5) is 0. The summed E-state index contributed by atoms with van der Waals surface area (Å²) >= 11 is 6.24. The molecule has 0 amide bonds. The maximum absolute atomic E-state index is 6.24. The lowest BCUT2D eigenvalue weighted by atomic mass is 10.0. The highest BCUT2D eigenvalue weighted by Gasteiger charge is 2.03. The van der Waals surface area contributed by atoms with Crippen molar-refractivity contribution in [1.29, 1.82) is 0 Å². The van der Waals surface area contributed by atoms with E-state index in [1.54, 1.807) is 0 Å². The molecular formula is C17H13Cl. The standard InChI is InChI=1S/C17H13Cl/c1-12-6-7-14-11-15(9-8-13(14)10-12)16-4-2-3-5-17(16)18/h2-11H,1H3. The summed E-state index contributed by atoms with van der Waals surface area (Å²) in [7, 11) is 0. The SMILES string of the molecule is Cc1ccc2cc(-c3ccccc3Cl)ccc2c1. The Morgan fingerprint density at radius 1 is 0.778 bits per heavy atom. The highest BCUT2D eigenvalue weighted by molar-refractivity contribution is 6.33. The van der Waals surface area contributed by atoms with Crippen molar-refractivity contribution in [3.05, 3.63) is 71.2 Å². The van der Waals surface area contributed by atoms with Crippen LogP contribution in [0.2, 0.25) is 5.02 Å². The molecule has 1 heteroatoms. The molecule has 0 aromatic heterocycles. The Morgan fingerprint density at radius 3 is 2.33 bits per heavy atom. The van der Waals surface area contributed by atoms with Crippen molar-refractivity contribution >= 4 is 22.4 Å². The summed E-state index contributed by atoms with van der Waals surface area (Å²) in [5.41, 5.74) is 3.53. The van der Waals surface area contributed by atoms with E-state index in [0.717, 1.165) is 16.1 Å². The minimum Gasteiger partial charge on any atom is -0.0837 e. The number of hydrogen-bond acceptors (Lipinski definition) is 0. The predicted molar refractivity (Wildman–Crippen MR) is 79.1 cm³/mol. The molecule has 0 aliphatic carbocycles. The average molecular weight is 253 g/mol. The van der Waals surface area contributed by atoms with Crippen LogP contribution in [0.4, 0.5) is 0 Å². The van der Waals surface area contributed by atoms with E-state index in [-0.39, 0.29) is 0 Å². The van der Waals surface area contributed by atoms with Gasteiger partial charge in [0.2, 0.25) is 0 Å². The second-order valence-corrected chi connectivity index (χ2v) is 4.95. The number of hydrogen-bond donors (Lipinski definition) is 0. The molecule has 0 bridgehead atoms. The Labute approximate surface area is 112 Å². The summed E-state index contributed by atoms with van der Waals surface area (Å²) < 4.78 is 0. The molecule has 3 aromatic carbocycles. The molecule has 0 heterocycles. The third kappa shape index (κ3) is 2.00. The summed E-state index contributed by atoms with van der Waals surface area (Å²) in [6.07, 6.45) is 0. The third-order valence-corrected chi connectivity index (χ3v) is 3.51. The zero-order chi connectivity index (χ0) is 12.5. The molecule has 3 rings (SSSR count). The van der Waals surface area contributed by atoms with Gasteiger partial charge in [0.25, 0.3) is 0 Å². The summed E-state index contributed by atoms with van der Waals surface area (Å²) in [6.45, 7) is 2.11. The molecule has 0 spiro atoms. The van der Waals surface area contributed by atoms with Crippen molar-refractivity contribution in [1.82, 2.24) is 0 Å². The molecule has 0 unspecified atom stereocenters. The van der Waals surface area contributed by atoms with Crippen LogP contribution in [0.5, 0.6) is 0 Å². The van der Waals surface area contributed by atoms with Crippen LogP contribution in [-0.4, -0.2) is 0 Å². The number of rotatable bonds is 1. The fourth-order valence-electron chi connectivity index (χ4n) is 2.23. The van der Waals surface area contributed by atoms with Crippen LogP contribution in [0.3, 0.4) is 0 Å². The van der Waals surface area contributed by atoms with E-state index in [9.17, 15) is 0 Å². The molecule has 0 fully saturated rings. The highest BCUT2D eigenvalue weighted by atomic mass is 35.5. The molecule has 0 atom stereocenters. The van der Waals surface area contributed by atoms with Crippen LogP contribution >= 0.6 is 11.6 Å². The fourth-order valence-corrected chi connectivity index (χ4v) is 2.47. The lowest BCUT2D eigenvalue weighted by Crippen LogP contribution is -1.81. The van der Waals surface area contributed by atoms with Gasteiger partial charge in [-0.25, -0.2) is 0 Å². The second kappa shape index (κ2) is 4.47. The van der Waals surface area contributed by atoms with Gasteiger partial charge in [-0.05, 0) is 35.4 Å². The third-order valence-electron chi connectivity index (χ3n) is 3.18. The van der Waals surface area contributed by atoms with E-state index in [0.29, 0.717) is 0 Å². The fraction of sp³-hybridized carbons (Fsp3) is 0.0588. The van der Waals surface area contributed by atoms with Crippen molar-refractivity contribution in [3.63, 3.8) is 0 Å². The van der Waals surface area contributed by atoms with Gasteiger partial charge in [-0.3, -0.25) is 0 Å². The number of aryl methyl sites for hydroxylation is 1. The van der Waals surface area contributed by atoms with Crippen LogP contribution in [-0.2, 0) is 0 Å². The van der Waals surface area contributed by atoms with Gasteiger partial charge in [0, 0.05) is 10.6 Å². The van der Waals surface area contributed by atoms with Gasteiger partial charge in [-0.2, -0.15) is 0 Å². The Kier molecular flexibility index (Phi) is 2.81. The highest BCUT2D eigenvalue weighted by Crippen LogP contribution is 2.30. The first kappa shape index (κ1) is 11.3. The second-order valence-electron chi connectivity index (χ2n) is 4.55. The summed E-state index contributed by atoms with van der Waals surface area (Å²) in [5, 5.41) is 3.31. The molecule has 0 nitrogen and oxygen atoms in total. The minimum absolute atomic E-state index is 0.795. The first-order valence-corrected chi connectivity index (χ1v) is 6.37. The Hall–Kier alpha value is -1.79. The van der Waals surface area contributed by atoms with Gasteiger partial charge < -0.3 is 0 Å². The first-order chi connectivity index (χ1) is 8.74. The molecule has 3 aromatic rings. The zero-order valence-corrected chi connectivity index (χ0v) is 10.9. The largest absolute Gasteiger partial charge is 0.0837 e. The topological polar surface area (TPSA) is 0 Å². The van der Waals surface area contributed by atoms with Crippen LogP contribution < -0.4 is 0 Å². The smallest absolute Gasteiger partial charge is 0.0484 e. The van der Waals surface area contributed by atoms with Gasteiger partial charge in [0.15, 0.2) is 0 Å². The Morgan fingerprint density at radius 2 is 1.50 bits per heavy atom. The molecule has 0 saturated carbocycles. The van der Waals surface area contributed by atoms with Crippen molar-refractivity contribution in [2.45, 2.75) is 6.92 Å². The molecule has 0 N–H and O–H groups in total. The average Bonchev–Trinajstić information content (AvgIpc) is 2.39. The Balaban J connectivity index is 2.20. The van der Waals surface area contributed by atoms with Crippen molar-refractivity contribution in [2.24, 2.45) is 0 Å². The molecule has 0 radical (unpaired) electrons. The molecule has 0 aliphatic heterocycles. The van der Waals surface area contributed by atoms with Crippen LogP contribution in [0.1, 0.15) is 5.56 Å². The van der Waals surface area contributed by atoms with Gasteiger partial charge in [-0.1, -0.05) is 65.7 Å². The number of benzene rings is 3. The van der Waals surface area contributed by atoms with Gasteiger partial charge in [0.05, 0.1) is 0 Å². The molecular weight excluding hydrogens is 240 g/mol. The maximum atomic E-state index is 6.24. The number of halogens is 1. The molecule has 88 valence electrons. The van der Waals surface area contributed by atoms with E-state index in [2.05, 4.69) is 49.4 Å². The maximum Gasteiger partial charge on any atom is 0.0484 e. The predicted octanol–water partition coefficient (Wildman–Crippen LogP) is 5.47. The van der Waals surface area contributed by atoms with E-state index < -0.39 is 0 Å². The number of fused-ring (bicyclic) bond motifs is 1. The minimum atomic E-state index is 0.795. The molecule has 0 saturated heterocycles. The van der Waals surface area contributed by atoms with Crippen molar-refractivity contribution in [3.8, 4) is 11.1 Å². The van der Waals surface area contributed by atoms with Gasteiger partial charge in [0.1, 0.15) is 0 Å². The zero-order valence-electron chi connectivity index (χ0n) is 10.2. The lowest BCUT2D eigenvalue weighted by Gasteiger charge is -2.06. The van der Waals surface area contributed by atoms with Gasteiger partial charge in [-0.15, -0.1) is 0 Å². The lowest BCUT2D eigenvalue weighted by molar-refractivity contribution is 1.50. The molecule has 0 aliphatic rings. The quantitative estimate of drug-likeness (QED) is 0.539. The monoisotopic (exact) mass is 252 g/mol. The van der Waals surface area contributed by atoms with Crippen molar-refractivity contribution < 1.29 is 0 Å². The Bertz CT molecular complexity index is 714. The van der Waals surface area contributed by atoms with E-state index in [1.807, 2.05) is 18.2 Å². The van der Waals surface area contributed by atoms with Crippen molar-refractivity contribution in [2.75, 3.05) is 0 Å². The van der Waals surface area contributed by atoms with E-state index in [1.165, 1.54) is 16.3 Å².